The van der Waals surface area contributed by atoms with Gasteiger partial charge in [-0.3, -0.25) is 19.4 Å². The monoisotopic (exact) mass is 380 g/mol. The summed E-state index contributed by atoms with van der Waals surface area (Å²) in [6.45, 7) is 4.50. The Kier molecular flexibility index (Phi) is 4.12. The van der Waals surface area contributed by atoms with Crippen molar-refractivity contribution in [2.75, 3.05) is 55.9 Å². The van der Waals surface area contributed by atoms with E-state index in [-0.39, 0.29) is 0 Å². The minimum Gasteiger partial charge on any atom is -0.486 e. The first-order chi connectivity index (χ1) is 13.7. The summed E-state index contributed by atoms with van der Waals surface area (Å²) in [4.78, 5) is 35.4. The highest BCUT2D eigenvalue weighted by Gasteiger charge is 2.38. The quantitative estimate of drug-likeness (QED) is 0.740. The fourth-order valence-electron chi connectivity index (χ4n) is 3.83. The lowest BCUT2D eigenvalue weighted by atomic mass is 10.1. The molecule has 1 fully saturated rings. The molecule has 0 radical (unpaired) electrons. The fourth-order valence-corrected chi connectivity index (χ4v) is 3.83. The molecule has 0 bridgehead atoms. The van der Waals surface area contributed by atoms with Crippen molar-refractivity contribution in [3.05, 3.63) is 42.1 Å². The average molecular weight is 380 g/mol. The molecule has 8 nitrogen and oxygen atoms in total. The Bertz CT molecular complexity index is 925. The molecular weight excluding hydrogens is 360 g/mol. The first-order valence-electron chi connectivity index (χ1n) is 9.39. The van der Waals surface area contributed by atoms with Crippen LogP contribution in [0, 0.1) is 0 Å². The number of amides is 1. The van der Waals surface area contributed by atoms with Crippen LogP contribution in [0.15, 0.2) is 36.5 Å². The number of hydrogen-bond donors (Lipinski definition) is 0. The number of aromatic nitrogens is 1. The lowest BCUT2D eigenvalue weighted by Crippen LogP contribution is -2.51. The van der Waals surface area contributed by atoms with Crippen molar-refractivity contribution in [3.63, 3.8) is 0 Å². The van der Waals surface area contributed by atoms with Crippen molar-refractivity contribution < 1.29 is 19.1 Å². The van der Waals surface area contributed by atoms with Crippen molar-refractivity contribution in [2.45, 2.75) is 0 Å². The van der Waals surface area contributed by atoms with Crippen LogP contribution in [-0.2, 0) is 4.79 Å². The molecule has 2 aromatic rings. The van der Waals surface area contributed by atoms with E-state index in [1.54, 1.807) is 23.2 Å². The predicted molar refractivity (Wildman–Crippen MR) is 102 cm³/mol. The molecule has 1 saturated heterocycles. The zero-order valence-corrected chi connectivity index (χ0v) is 15.3. The Hall–Kier alpha value is -3.13. The number of pyridine rings is 1. The maximum Gasteiger partial charge on any atom is 0.300 e. The summed E-state index contributed by atoms with van der Waals surface area (Å²) in [6.07, 6.45) is 1.79. The van der Waals surface area contributed by atoms with Gasteiger partial charge in [0.25, 0.3) is 5.78 Å². The molecule has 1 aromatic heterocycles. The normalized spacial score (nSPS) is 19.1. The third-order valence-corrected chi connectivity index (χ3v) is 5.32. The van der Waals surface area contributed by atoms with Gasteiger partial charge in [-0.2, -0.15) is 0 Å². The van der Waals surface area contributed by atoms with Gasteiger partial charge in [-0.1, -0.05) is 6.07 Å². The first kappa shape index (κ1) is 17.0. The Morgan fingerprint density at radius 1 is 0.964 bits per heavy atom. The van der Waals surface area contributed by atoms with Crippen LogP contribution in [-0.4, -0.2) is 67.6 Å². The predicted octanol–water partition coefficient (Wildman–Crippen LogP) is 1.16. The van der Waals surface area contributed by atoms with Crippen molar-refractivity contribution in [1.29, 1.82) is 0 Å². The van der Waals surface area contributed by atoms with Crippen LogP contribution < -0.4 is 19.3 Å². The highest BCUT2D eigenvalue weighted by Crippen LogP contribution is 2.40. The highest BCUT2D eigenvalue weighted by atomic mass is 16.6. The number of carbonyl (C=O) groups is 2. The van der Waals surface area contributed by atoms with Gasteiger partial charge in [0, 0.05) is 38.4 Å². The number of Topliss-reactive ketones (excluding diaryl/α,β-unsaturated/α-hetero) is 1. The van der Waals surface area contributed by atoms with Crippen LogP contribution in [0.5, 0.6) is 11.5 Å². The van der Waals surface area contributed by atoms with Crippen LogP contribution in [0.2, 0.25) is 0 Å². The number of benzene rings is 1. The molecule has 144 valence electrons. The van der Waals surface area contributed by atoms with Gasteiger partial charge < -0.3 is 14.4 Å². The summed E-state index contributed by atoms with van der Waals surface area (Å²) in [6, 6.07) is 9.26. The molecule has 1 aromatic carbocycles. The lowest BCUT2D eigenvalue weighted by Gasteiger charge is -2.37. The Morgan fingerprint density at radius 3 is 2.43 bits per heavy atom. The Balaban J connectivity index is 1.32. The van der Waals surface area contributed by atoms with Crippen LogP contribution in [0.1, 0.15) is 10.4 Å². The van der Waals surface area contributed by atoms with Gasteiger partial charge in [-0.15, -0.1) is 0 Å². The second-order valence-corrected chi connectivity index (χ2v) is 7.01. The maximum absolute atomic E-state index is 12.6. The second kappa shape index (κ2) is 6.79. The number of fused-ring (bicyclic) bond motifs is 2. The number of piperazine rings is 1. The van der Waals surface area contributed by atoms with Crippen molar-refractivity contribution in [2.24, 2.45) is 0 Å². The molecule has 3 aliphatic heterocycles. The minimum atomic E-state index is -0.496. The largest absolute Gasteiger partial charge is 0.486 e. The molecule has 0 saturated carbocycles. The van der Waals surface area contributed by atoms with Crippen molar-refractivity contribution in [3.8, 4) is 11.5 Å². The summed E-state index contributed by atoms with van der Waals surface area (Å²) < 4.78 is 11.2. The molecule has 3 aliphatic rings. The van der Waals surface area contributed by atoms with Gasteiger partial charge in [0.2, 0.25) is 0 Å². The van der Waals surface area contributed by atoms with Crippen LogP contribution in [0.4, 0.5) is 11.5 Å². The molecule has 8 heteroatoms. The van der Waals surface area contributed by atoms with E-state index >= 15 is 0 Å². The topological polar surface area (TPSA) is 75.2 Å². The zero-order chi connectivity index (χ0) is 19.1. The van der Waals surface area contributed by atoms with Crippen molar-refractivity contribution >= 4 is 23.2 Å². The smallest absolute Gasteiger partial charge is 0.300 e. The van der Waals surface area contributed by atoms with E-state index in [4.69, 9.17) is 9.47 Å². The zero-order valence-electron chi connectivity index (χ0n) is 15.3. The third kappa shape index (κ3) is 2.86. The van der Waals surface area contributed by atoms with E-state index < -0.39 is 11.7 Å². The number of anilines is 2. The summed E-state index contributed by atoms with van der Waals surface area (Å²) >= 11 is 0. The number of ketones is 1. The highest BCUT2D eigenvalue weighted by molar-refractivity contribution is 6.52. The van der Waals surface area contributed by atoms with Crippen LogP contribution in [0.3, 0.4) is 0 Å². The standard InChI is InChI=1S/C20H20N4O4/c25-19-14-11-16-17(28-10-9-27-16)12-15(14)24(20(19)26)13-22-5-7-23(8-6-22)18-3-1-2-4-21-18/h1-4,11-12H,5-10,13H2. The number of ether oxygens (including phenoxy) is 2. The number of nitrogens with zero attached hydrogens (tertiary/aromatic N) is 4. The molecule has 0 spiro atoms. The molecule has 1 amide bonds. The van der Waals surface area contributed by atoms with E-state index in [1.165, 1.54) is 0 Å². The number of carbonyl (C=O) groups excluding carboxylic acids is 2. The molecule has 0 aliphatic carbocycles. The van der Waals surface area contributed by atoms with Gasteiger partial charge in [-0.25, -0.2) is 4.98 Å². The summed E-state index contributed by atoms with van der Waals surface area (Å²) in [5.41, 5.74) is 0.993. The third-order valence-electron chi connectivity index (χ3n) is 5.32. The summed E-state index contributed by atoms with van der Waals surface area (Å²) in [5.74, 6) is 1.08. The van der Waals surface area contributed by atoms with Crippen LogP contribution >= 0.6 is 0 Å². The number of rotatable bonds is 3. The van der Waals surface area contributed by atoms with Crippen LogP contribution in [0.25, 0.3) is 0 Å². The first-order valence-corrected chi connectivity index (χ1v) is 9.39. The molecule has 28 heavy (non-hydrogen) atoms. The summed E-state index contributed by atoms with van der Waals surface area (Å²) in [7, 11) is 0. The molecule has 0 atom stereocenters. The van der Waals surface area contributed by atoms with E-state index in [1.807, 2.05) is 18.2 Å². The van der Waals surface area contributed by atoms with E-state index in [0.717, 1.165) is 32.0 Å². The SMILES string of the molecule is O=C1C(=O)N(CN2CCN(c3ccccn3)CC2)c2cc3c(cc21)OCCO3. The maximum atomic E-state index is 12.6. The Labute approximate surface area is 162 Å². The van der Waals surface area contributed by atoms with E-state index in [9.17, 15) is 9.59 Å². The average Bonchev–Trinajstić information content (AvgIpc) is 2.98. The second-order valence-electron chi connectivity index (χ2n) is 7.01. The van der Waals surface area contributed by atoms with E-state index in [2.05, 4.69) is 14.8 Å². The molecule has 5 rings (SSSR count). The number of hydrogen-bond acceptors (Lipinski definition) is 7. The summed E-state index contributed by atoms with van der Waals surface area (Å²) in [5, 5.41) is 0. The van der Waals surface area contributed by atoms with Crippen molar-refractivity contribution in [1.82, 2.24) is 9.88 Å². The van der Waals surface area contributed by atoms with Gasteiger partial charge in [0.1, 0.15) is 19.0 Å². The van der Waals surface area contributed by atoms with E-state index in [0.29, 0.717) is 42.6 Å². The fraction of sp³-hybridized carbons (Fsp3) is 0.350. The Morgan fingerprint density at radius 2 is 1.71 bits per heavy atom. The van der Waals surface area contributed by atoms with Gasteiger partial charge in [0.15, 0.2) is 11.5 Å². The molecule has 4 heterocycles. The lowest BCUT2D eigenvalue weighted by molar-refractivity contribution is -0.114. The van der Waals surface area contributed by atoms with Gasteiger partial charge >= 0.3 is 5.91 Å². The molecular formula is C20H20N4O4. The minimum absolute atomic E-state index is 0.382. The molecule has 0 N–H and O–H groups in total. The van der Waals surface area contributed by atoms with Gasteiger partial charge in [-0.05, 0) is 18.2 Å². The molecule has 0 unspecified atom stereocenters. The van der Waals surface area contributed by atoms with Gasteiger partial charge in [0.05, 0.1) is 17.9 Å².